The number of carbonyl (C=O) groups excluding carboxylic acids is 2. The first-order valence-corrected chi connectivity index (χ1v) is 9.13. The maximum absolute atomic E-state index is 12.5. The van der Waals surface area contributed by atoms with Gasteiger partial charge in [-0.3, -0.25) is 9.59 Å². The Bertz CT molecular complexity index is 809. The van der Waals surface area contributed by atoms with Crippen LogP contribution in [0.5, 0.6) is 0 Å². The quantitative estimate of drug-likeness (QED) is 0.891. The lowest BCUT2D eigenvalue weighted by atomic mass is 9.84. The van der Waals surface area contributed by atoms with Gasteiger partial charge in [-0.15, -0.1) is 0 Å². The molecule has 0 radical (unpaired) electrons. The monoisotopic (exact) mass is 350 g/mol. The van der Waals surface area contributed by atoms with E-state index in [9.17, 15) is 9.59 Å². The van der Waals surface area contributed by atoms with Gasteiger partial charge in [0.15, 0.2) is 0 Å². The molecule has 136 valence electrons. The van der Waals surface area contributed by atoms with E-state index in [1.807, 2.05) is 18.2 Å². The van der Waals surface area contributed by atoms with Crippen molar-refractivity contribution in [2.75, 3.05) is 18.0 Å². The number of anilines is 1. The molecule has 2 amide bonds. The molecule has 0 bridgehead atoms. The van der Waals surface area contributed by atoms with Crippen molar-refractivity contribution in [2.24, 2.45) is 0 Å². The van der Waals surface area contributed by atoms with Crippen molar-refractivity contribution in [1.82, 2.24) is 5.32 Å². The molecule has 1 aliphatic heterocycles. The van der Waals surface area contributed by atoms with E-state index in [2.05, 4.69) is 44.3 Å². The van der Waals surface area contributed by atoms with Crippen LogP contribution >= 0.6 is 0 Å². The number of nitrogens with one attached hydrogen (secondary N) is 1. The molecule has 1 fully saturated rings. The van der Waals surface area contributed by atoms with Crippen molar-refractivity contribution in [3.8, 4) is 0 Å². The van der Waals surface area contributed by atoms with Gasteiger partial charge in [0.2, 0.25) is 5.91 Å². The van der Waals surface area contributed by atoms with E-state index >= 15 is 0 Å². The number of aryl methyl sites for hydroxylation is 1. The van der Waals surface area contributed by atoms with Crippen LogP contribution in [0.25, 0.3) is 0 Å². The summed E-state index contributed by atoms with van der Waals surface area (Å²) in [6.07, 6.45) is 1.51. The molecule has 2 aromatic carbocycles. The third kappa shape index (κ3) is 3.96. The number of benzene rings is 2. The Labute approximate surface area is 155 Å². The fourth-order valence-corrected chi connectivity index (χ4v) is 3.29. The molecule has 3 rings (SSSR count). The summed E-state index contributed by atoms with van der Waals surface area (Å²) in [7, 11) is 0. The molecule has 0 saturated carbocycles. The maximum atomic E-state index is 12.5. The minimum absolute atomic E-state index is 0.0926. The molecule has 1 saturated heterocycles. The normalized spacial score (nSPS) is 14.6. The summed E-state index contributed by atoms with van der Waals surface area (Å²) in [4.78, 5) is 26.1. The number of carbonyl (C=O) groups is 2. The van der Waals surface area contributed by atoms with E-state index in [4.69, 9.17) is 0 Å². The molecule has 1 heterocycles. The lowest BCUT2D eigenvalue weighted by molar-refractivity contribution is -0.117. The molecule has 0 atom stereocenters. The first-order chi connectivity index (χ1) is 12.4. The number of hydrogen-bond donors (Lipinski definition) is 1. The van der Waals surface area contributed by atoms with Crippen LogP contribution in [-0.4, -0.2) is 24.9 Å². The van der Waals surface area contributed by atoms with Gasteiger partial charge in [0.05, 0.1) is 0 Å². The van der Waals surface area contributed by atoms with Crippen LogP contribution in [0.4, 0.5) is 5.69 Å². The summed E-state index contributed by atoms with van der Waals surface area (Å²) in [5.74, 6) is 0.0622. The molecule has 4 nitrogen and oxygen atoms in total. The maximum Gasteiger partial charge on any atom is 0.251 e. The minimum Gasteiger partial charge on any atom is -0.351 e. The highest BCUT2D eigenvalue weighted by Crippen LogP contribution is 2.24. The Morgan fingerprint density at radius 1 is 1.15 bits per heavy atom. The number of hydrogen-bond acceptors (Lipinski definition) is 2. The zero-order chi connectivity index (χ0) is 18.7. The molecule has 0 aliphatic carbocycles. The van der Waals surface area contributed by atoms with E-state index in [1.54, 1.807) is 17.0 Å². The summed E-state index contributed by atoms with van der Waals surface area (Å²) in [5, 5.41) is 3.04. The summed E-state index contributed by atoms with van der Waals surface area (Å²) >= 11 is 0. The fourth-order valence-electron chi connectivity index (χ4n) is 3.29. The second-order valence-electron chi connectivity index (χ2n) is 7.63. The molecule has 1 aliphatic rings. The molecule has 4 heteroatoms. The Balaban J connectivity index is 1.63. The van der Waals surface area contributed by atoms with E-state index in [-0.39, 0.29) is 17.2 Å². The Hall–Kier alpha value is -2.62. The van der Waals surface area contributed by atoms with Gasteiger partial charge in [-0.25, -0.2) is 0 Å². The van der Waals surface area contributed by atoms with Crippen molar-refractivity contribution >= 4 is 17.5 Å². The van der Waals surface area contributed by atoms with Crippen LogP contribution in [0.1, 0.15) is 48.2 Å². The molecular formula is C22H26N2O2. The van der Waals surface area contributed by atoms with Gasteiger partial charge < -0.3 is 10.2 Å². The van der Waals surface area contributed by atoms with Crippen LogP contribution in [0.2, 0.25) is 0 Å². The number of nitrogens with zero attached hydrogens (tertiary/aromatic N) is 1. The van der Waals surface area contributed by atoms with E-state index in [1.165, 1.54) is 11.1 Å². The highest BCUT2D eigenvalue weighted by molar-refractivity contribution is 5.97. The lowest BCUT2D eigenvalue weighted by Crippen LogP contribution is -2.36. The third-order valence-corrected chi connectivity index (χ3v) is 5.01. The first-order valence-electron chi connectivity index (χ1n) is 9.13. The van der Waals surface area contributed by atoms with Crippen molar-refractivity contribution in [3.63, 3.8) is 0 Å². The SMILES string of the molecule is Cc1cccc(C(C)(C)CNC(=O)c2ccc(N3CCCC3=O)cc2)c1. The van der Waals surface area contributed by atoms with E-state index in [0.29, 0.717) is 18.5 Å². The second-order valence-corrected chi connectivity index (χ2v) is 7.63. The molecule has 0 unspecified atom stereocenters. The Morgan fingerprint density at radius 3 is 2.50 bits per heavy atom. The Morgan fingerprint density at radius 2 is 1.88 bits per heavy atom. The van der Waals surface area contributed by atoms with Crippen LogP contribution in [0.15, 0.2) is 48.5 Å². The van der Waals surface area contributed by atoms with Gasteiger partial charge in [-0.05, 0) is 43.2 Å². The number of rotatable bonds is 5. The standard InChI is InChI=1S/C22H26N2O2/c1-16-6-4-7-18(14-16)22(2,3)15-23-21(26)17-9-11-19(12-10-17)24-13-5-8-20(24)25/h4,6-7,9-12,14H,5,8,13,15H2,1-3H3,(H,23,26). The predicted octanol–water partition coefficient (Wildman–Crippen LogP) is 3.83. The number of amides is 2. The molecule has 2 aromatic rings. The minimum atomic E-state index is -0.149. The van der Waals surface area contributed by atoms with Crippen molar-refractivity contribution in [3.05, 3.63) is 65.2 Å². The summed E-state index contributed by atoms with van der Waals surface area (Å²) < 4.78 is 0. The van der Waals surface area contributed by atoms with E-state index < -0.39 is 0 Å². The Kier molecular flexibility index (Phi) is 5.12. The average molecular weight is 350 g/mol. The average Bonchev–Trinajstić information content (AvgIpc) is 3.06. The van der Waals surface area contributed by atoms with Crippen LogP contribution in [-0.2, 0) is 10.2 Å². The van der Waals surface area contributed by atoms with Gasteiger partial charge in [0.1, 0.15) is 0 Å². The summed E-state index contributed by atoms with van der Waals surface area (Å²) in [5.41, 5.74) is 3.75. The van der Waals surface area contributed by atoms with Gasteiger partial charge in [0, 0.05) is 36.2 Å². The second kappa shape index (κ2) is 7.32. The highest BCUT2D eigenvalue weighted by Gasteiger charge is 2.23. The largest absolute Gasteiger partial charge is 0.351 e. The summed E-state index contributed by atoms with van der Waals surface area (Å²) in [6.45, 7) is 7.65. The molecule has 26 heavy (non-hydrogen) atoms. The van der Waals surface area contributed by atoms with Gasteiger partial charge >= 0.3 is 0 Å². The molecular weight excluding hydrogens is 324 g/mol. The predicted molar refractivity (Wildman–Crippen MR) is 105 cm³/mol. The summed E-state index contributed by atoms with van der Waals surface area (Å²) in [6, 6.07) is 15.7. The smallest absolute Gasteiger partial charge is 0.251 e. The third-order valence-electron chi connectivity index (χ3n) is 5.01. The van der Waals surface area contributed by atoms with Gasteiger partial charge in [-0.2, -0.15) is 0 Å². The fraction of sp³-hybridized carbons (Fsp3) is 0.364. The van der Waals surface area contributed by atoms with Gasteiger partial charge in [0.25, 0.3) is 5.91 Å². The first kappa shape index (κ1) is 18.2. The topological polar surface area (TPSA) is 49.4 Å². The lowest BCUT2D eigenvalue weighted by Gasteiger charge is -2.26. The van der Waals surface area contributed by atoms with E-state index in [0.717, 1.165) is 18.7 Å². The highest BCUT2D eigenvalue weighted by atomic mass is 16.2. The molecule has 0 aromatic heterocycles. The van der Waals surface area contributed by atoms with Crippen LogP contribution in [0.3, 0.4) is 0 Å². The van der Waals surface area contributed by atoms with Crippen molar-refractivity contribution in [1.29, 1.82) is 0 Å². The van der Waals surface area contributed by atoms with Crippen LogP contribution in [0, 0.1) is 6.92 Å². The van der Waals surface area contributed by atoms with Crippen molar-refractivity contribution in [2.45, 2.75) is 39.0 Å². The molecule has 1 N–H and O–H groups in total. The van der Waals surface area contributed by atoms with Gasteiger partial charge in [-0.1, -0.05) is 43.7 Å². The van der Waals surface area contributed by atoms with Crippen molar-refractivity contribution < 1.29 is 9.59 Å². The zero-order valence-corrected chi connectivity index (χ0v) is 15.7. The molecule has 0 spiro atoms. The zero-order valence-electron chi connectivity index (χ0n) is 15.7. The van der Waals surface area contributed by atoms with Crippen LogP contribution < -0.4 is 10.2 Å².